The minimum absolute atomic E-state index is 0.0110. The van der Waals surface area contributed by atoms with Crippen molar-refractivity contribution in [1.29, 1.82) is 0 Å². The highest BCUT2D eigenvalue weighted by atomic mass is 32.2. The second-order valence-electron chi connectivity index (χ2n) is 5.17. The van der Waals surface area contributed by atoms with Gasteiger partial charge in [0, 0.05) is 23.1 Å². The van der Waals surface area contributed by atoms with E-state index in [4.69, 9.17) is 0 Å². The quantitative estimate of drug-likeness (QED) is 0.486. The van der Waals surface area contributed by atoms with E-state index in [1.54, 1.807) is 30.8 Å². The molecule has 0 saturated carbocycles. The summed E-state index contributed by atoms with van der Waals surface area (Å²) in [5.41, 5.74) is 2.17. The topological polar surface area (TPSA) is 72.2 Å². The van der Waals surface area contributed by atoms with Gasteiger partial charge < -0.3 is 5.32 Å². The number of amides is 1. The van der Waals surface area contributed by atoms with E-state index in [2.05, 4.69) is 5.32 Å². The molecule has 23 heavy (non-hydrogen) atoms. The van der Waals surface area contributed by atoms with E-state index in [1.807, 2.05) is 31.2 Å². The summed E-state index contributed by atoms with van der Waals surface area (Å²) in [5.74, 6) is 0.510. The third-order valence-corrected chi connectivity index (χ3v) is 4.41. The number of carbonyl (C=O) groups is 1. The first kappa shape index (κ1) is 17.0. The summed E-state index contributed by atoms with van der Waals surface area (Å²) in [5, 5.41) is 13.6. The van der Waals surface area contributed by atoms with Gasteiger partial charge in [-0.25, -0.2) is 0 Å². The highest BCUT2D eigenvalue weighted by Crippen LogP contribution is 2.25. The molecule has 0 fully saturated rings. The van der Waals surface area contributed by atoms with Gasteiger partial charge in [0.2, 0.25) is 5.91 Å². The van der Waals surface area contributed by atoms with E-state index >= 15 is 0 Å². The SMILES string of the molecule is Cc1ccc(SCCC(=O)Nc2cccc([N+](=O)[O-])c2C)cc1. The molecule has 0 unspecified atom stereocenters. The maximum absolute atomic E-state index is 12.0. The Morgan fingerprint density at radius 1 is 1.17 bits per heavy atom. The van der Waals surface area contributed by atoms with Crippen LogP contribution in [0, 0.1) is 24.0 Å². The van der Waals surface area contributed by atoms with Crippen LogP contribution in [0.25, 0.3) is 0 Å². The Morgan fingerprint density at radius 3 is 2.52 bits per heavy atom. The molecular weight excluding hydrogens is 312 g/mol. The van der Waals surface area contributed by atoms with E-state index in [-0.39, 0.29) is 11.6 Å². The van der Waals surface area contributed by atoms with Gasteiger partial charge in [0.15, 0.2) is 0 Å². The lowest BCUT2D eigenvalue weighted by Crippen LogP contribution is -2.13. The predicted octanol–water partition coefficient (Wildman–Crippen LogP) is 4.33. The number of anilines is 1. The molecule has 120 valence electrons. The number of nitro groups is 1. The molecule has 2 aromatic carbocycles. The number of nitrogens with zero attached hydrogens (tertiary/aromatic N) is 1. The van der Waals surface area contributed by atoms with Gasteiger partial charge in [-0.05, 0) is 32.0 Å². The molecular formula is C17H18N2O3S. The summed E-state index contributed by atoms with van der Waals surface area (Å²) in [4.78, 5) is 23.6. The molecule has 1 N–H and O–H groups in total. The zero-order chi connectivity index (χ0) is 16.8. The van der Waals surface area contributed by atoms with Crippen molar-refractivity contribution in [3.05, 3.63) is 63.7 Å². The Morgan fingerprint density at radius 2 is 1.87 bits per heavy atom. The largest absolute Gasteiger partial charge is 0.326 e. The van der Waals surface area contributed by atoms with E-state index in [0.717, 1.165) is 4.90 Å². The predicted molar refractivity (Wildman–Crippen MR) is 93.0 cm³/mol. The molecule has 0 radical (unpaired) electrons. The second-order valence-corrected chi connectivity index (χ2v) is 6.33. The first-order valence-corrected chi connectivity index (χ1v) is 8.19. The lowest BCUT2D eigenvalue weighted by Gasteiger charge is -2.08. The maximum Gasteiger partial charge on any atom is 0.274 e. The number of rotatable bonds is 6. The highest BCUT2D eigenvalue weighted by Gasteiger charge is 2.14. The fourth-order valence-electron chi connectivity index (χ4n) is 2.07. The van der Waals surface area contributed by atoms with Crippen LogP contribution in [0.4, 0.5) is 11.4 Å². The number of nitrogens with one attached hydrogen (secondary N) is 1. The van der Waals surface area contributed by atoms with Crippen molar-refractivity contribution in [2.24, 2.45) is 0 Å². The minimum Gasteiger partial charge on any atom is -0.326 e. The molecule has 0 spiro atoms. The van der Waals surface area contributed by atoms with Crippen molar-refractivity contribution in [2.45, 2.75) is 25.2 Å². The van der Waals surface area contributed by atoms with Gasteiger partial charge in [-0.1, -0.05) is 23.8 Å². The number of aryl methyl sites for hydroxylation is 1. The zero-order valence-electron chi connectivity index (χ0n) is 13.0. The first-order valence-electron chi connectivity index (χ1n) is 7.20. The molecule has 5 nitrogen and oxygen atoms in total. The Labute approximate surface area is 139 Å². The lowest BCUT2D eigenvalue weighted by molar-refractivity contribution is -0.385. The van der Waals surface area contributed by atoms with Crippen LogP contribution in [0.15, 0.2) is 47.4 Å². The van der Waals surface area contributed by atoms with E-state index in [1.165, 1.54) is 11.6 Å². The fourth-order valence-corrected chi connectivity index (χ4v) is 2.92. The van der Waals surface area contributed by atoms with Crippen molar-refractivity contribution >= 4 is 29.0 Å². The number of hydrogen-bond donors (Lipinski definition) is 1. The zero-order valence-corrected chi connectivity index (χ0v) is 13.9. The Hall–Kier alpha value is -2.34. The van der Waals surface area contributed by atoms with Crippen molar-refractivity contribution in [2.75, 3.05) is 11.1 Å². The number of hydrogen-bond acceptors (Lipinski definition) is 4. The summed E-state index contributed by atoms with van der Waals surface area (Å²) in [6.07, 6.45) is 0.348. The third kappa shape index (κ3) is 4.82. The molecule has 0 aliphatic rings. The molecule has 0 bridgehead atoms. The molecule has 0 aromatic heterocycles. The molecule has 1 amide bonds. The van der Waals surface area contributed by atoms with Crippen LogP contribution in [0.2, 0.25) is 0 Å². The third-order valence-electron chi connectivity index (χ3n) is 3.39. The fraction of sp³-hybridized carbons (Fsp3) is 0.235. The normalized spacial score (nSPS) is 10.3. The molecule has 0 aliphatic carbocycles. The van der Waals surface area contributed by atoms with Gasteiger partial charge in [-0.2, -0.15) is 0 Å². The maximum atomic E-state index is 12.0. The Kier molecular flexibility index (Phi) is 5.76. The van der Waals surface area contributed by atoms with Crippen LogP contribution in [-0.2, 0) is 4.79 Å². The molecule has 2 aromatic rings. The average Bonchev–Trinajstić information content (AvgIpc) is 2.51. The molecule has 6 heteroatoms. The number of thioether (sulfide) groups is 1. The van der Waals surface area contributed by atoms with Crippen LogP contribution in [0.5, 0.6) is 0 Å². The molecule has 0 saturated heterocycles. The molecule has 0 atom stereocenters. The van der Waals surface area contributed by atoms with Crippen molar-refractivity contribution in [3.63, 3.8) is 0 Å². The van der Waals surface area contributed by atoms with Gasteiger partial charge in [-0.15, -0.1) is 11.8 Å². The number of nitro benzene ring substituents is 1. The van der Waals surface area contributed by atoms with Gasteiger partial charge in [0.25, 0.3) is 5.69 Å². The standard InChI is InChI=1S/C17H18N2O3S/c1-12-6-8-14(9-7-12)23-11-10-17(20)18-15-4-3-5-16(13(15)2)19(21)22/h3-9H,10-11H2,1-2H3,(H,18,20). The van der Waals surface area contributed by atoms with Crippen LogP contribution in [-0.4, -0.2) is 16.6 Å². The van der Waals surface area contributed by atoms with Crippen molar-refractivity contribution < 1.29 is 9.72 Å². The van der Waals surface area contributed by atoms with Crippen LogP contribution in [0.3, 0.4) is 0 Å². The summed E-state index contributed by atoms with van der Waals surface area (Å²) >= 11 is 1.61. The van der Waals surface area contributed by atoms with Crippen LogP contribution in [0.1, 0.15) is 17.5 Å². The summed E-state index contributed by atoms with van der Waals surface area (Å²) in [7, 11) is 0. The number of carbonyl (C=O) groups excluding carboxylic acids is 1. The van der Waals surface area contributed by atoms with E-state index in [9.17, 15) is 14.9 Å². The molecule has 2 rings (SSSR count). The van der Waals surface area contributed by atoms with E-state index in [0.29, 0.717) is 23.4 Å². The van der Waals surface area contributed by atoms with Gasteiger partial charge in [0.1, 0.15) is 0 Å². The first-order chi connectivity index (χ1) is 11.0. The van der Waals surface area contributed by atoms with Gasteiger partial charge in [0.05, 0.1) is 16.2 Å². The van der Waals surface area contributed by atoms with Crippen LogP contribution >= 0.6 is 11.8 Å². The monoisotopic (exact) mass is 330 g/mol. The minimum atomic E-state index is -0.446. The van der Waals surface area contributed by atoms with Gasteiger partial charge in [-0.3, -0.25) is 14.9 Å². The summed E-state index contributed by atoms with van der Waals surface area (Å²) in [6.45, 7) is 3.66. The van der Waals surface area contributed by atoms with Crippen LogP contribution < -0.4 is 5.32 Å². The summed E-state index contributed by atoms with van der Waals surface area (Å²) < 4.78 is 0. The highest BCUT2D eigenvalue weighted by molar-refractivity contribution is 7.99. The number of benzene rings is 2. The van der Waals surface area contributed by atoms with E-state index < -0.39 is 4.92 Å². The summed E-state index contributed by atoms with van der Waals surface area (Å²) in [6, 6.07) is 12.8. The smallest absolute Gasteiger partial charge is 0.274 e. The van der Waals surface area contributed by atoms with Crippen molar-refractivity contribution in [1.82, 2.24) is 0 Å². The van der Waals surface area contributed by atoms with Gasteiger partial charge >= 0.3 is 0 Å². The molecule has 0 aliphatic heterocycles. The Balaban J connectivity index is 1.89. The molecule has 0 heterocycles. The Bertz CT molecular complexity index is 714. The van der Waals surface area contributed by atoms with Crippen molar-refractivity contribution in [3.8, 4) is 0 Å². The average molecular weight is 330 g/mol. The second kappa shape index (κ2) is 7.78. The lowest BCUT2D eigenvalue weighted by atomic mass is 10.1.